The number of halogens is 2. The van der Waals surface area contributed by atoms with E-state index >= 15 is 0 Å². The molecule has 0 aliphatic carbocycles. The largest absolute Gasteiger partial charge is 0.496 e. The lowest BCUT2D eigenvalue weighted by Gasteiger charge is -2.15. The maximum atomic E-state index is 5.39. The predicted octanol–water partition coefficient (Wildman–Crippen LogP) is 4.81. The highest BCUT2D eigenvalue weighted by molar-refractivity contribution is 9.10. The Kier molecular flexibility index (Phi) is 6.44. The molecular weight excluding hydrogens is 332 g/mol. The van der Waals surface area contributed by atoms with E-state index < -0.39 is 0 Å². The topological polar surface area (TPSA) is 9.23 Å². The smallest absolute Gasteiger partial charge is 0.122 e. The molecule has 16 heavy (non-hydrogen) atoms. The van der Waals surface area contributed by atoms with E-state index in [9.17, 15) is 0 Å². The Morgan fingerprint density at radius 2 is 2.12 bits per heavy atom. The van der Waals surface area contributed by atoms with Gasteiger partial charge in [0.2, 0.25) is 0 Å². The molecule has 1 unspecified atom stereocenters. The van der Waals surface area contributed by atoms with Gasteiger partial charge in [0.25, 0.3) is 0 Å². The van der Waals surface area contributed by atoms with Crippen LogP contribution in [0.5, 0.6) is 5.75 Å². The zero-order chi connectivity index (χ0) is 12.0. The van der Waals surface area contributed by atoms with Crippen LogP contribution in [0.2, 0.25) is 0 Å². The number of rotatable bonds is 6. The summed E-state index contributed by atoms with van der Waals surface area (Å²) < 4.78 is 6.51. The number of ether oxygens (including phenoxy) is 1. The van der Waals surface area contributed by atoms with Gasteiger partial charge in [-0.15, -0.1) is 0 Å². The van der Waals surface area contributed by atoms with Crippen LogP contribution in [0.15, 0.2) is 22.7 Å². The van der Waals surface area contributed by atoms with Gasteiger partial charge < -0.3 is 4.74 Å². The first-order valence-electron chi connectivity index (χ1n) is 5.59. The van der Waals surface area contributed by atoms with Gasteiger partial charge in [-0.3, -0.25) is 0 Å². The second-order valence-electron chi connectivity index (χ2n) is 3.97. The summed E-state index contributed by atoms with van der Waals surface area (Å²) in [5.74, 6) is 1.68. The summed E-state index contributed by atoms with van der Waals surface area (Å²) in [4.78, 5) is 0. The van der Waals surface area contributed by atoms with Crippen molar-refractivity contribution in [3.05, 3.63) is 28.2 Å². The number of hydrogen-bond donors (Lipinski definition) is 0. The Morgan fingerprint density at radius 1 is 1.38 bits per heavy atom. The molecule has 1 atom stereocenters. The van der Waals surface area contributed by atoms with Gasteiger partial charge in [0.1, 0.15) is 5.75 Å². The molecule has 3 heteroatoms. The lowest BCUT2D eigenvalue weighted by Crippen LogP contribution is -2.07. The zero-order valence-electron chi connectivity index (χ0n) is 9.80. The Hall–Kier alpha value is -0.0200. The summed E-state index contributed by atoms with van der Waals surface area (Å²) in [7, 11) is 1.73. The van der Waals surface area contributed by atoms with Crippen molar-refractivity contribution in [2.75, 3.05) is 12.4 Å². The first-order valence-corrected chi connectivity index (χ1v) is 7.51. The van der Waals surface area contributed by atoms with Gasteiger partial charge in [0.15, 0.2) is 0 Å². The molecule has 0 spiro atoms. The van der Waals surface area contributed by atoms with E-state index in [1.807, 2.05) is 12.1 Å². The molecular formula is C13H18Br2O. The van der Waals surface area contributed by atoms with Crippen LogP contribution in [-0.2, 0) is 6.42 Å². The molecule has 0 bridgehead atoms. The van der Waals surface area contributed by atoms with Crippen LogP contribution >= 0.6 is 31.9 Å². The van der Waals surface area contributed by atoms with Gasteiger partial charge in [0, 0.05) is 9.80 Å². The number of alkyl halides is 1. The fourth-order valence-corrected chi connectivity index (χ4v) is 2.82. The predicted molar refractivity (Wildman–Crippen MR) is 76.6 cm³/mol. The number of benzene rings is 1. The van der Waals surface area contributed by atoms with E-state index in [0.717, 1.165) is 22.0 Å². The number of methoxy groups -OCH3 is 1. The molecule has 0 fully saturated rings. The zero-order valence-corrected chi connectivity index (χ0v) is 13.0. The van der Waals surface area contributed by atoms with Crippen LogP contribution < -0.4 is 4.74 Å². The molecule has 90 valence electrons. The van der Waals surface area contributed by atoms with E-state index in [-0.39, 0.29) is 0 Å². The summed E-state index contributed by atoms with van der Waals surface area (Å²) in [6.45, 7) is 2.23. The summed E-state index contributed by atoms with van der Waals surface area (Å²) in [5.41, 5.74) is 1.29. The first-order chi connectivity index (χ1) is 7.71. The van der Waals surface area contributed by atoms with Crippen molar-refractivity contribution in [2.24, 2.45) is 5.92 Å². The van der Waals surface area contributed by atoms with Crippen LogP contribution in [0.25, 0.3) is 0 Å². The minimum atomic E-state index is 0.688. The average molecular weight is 350 g/mol. The van der Waals surface area contributed by atoms with Crippen LogP contribution in [0.3, 0.4) is 0 Å². The summed E-state index contributed by atoms with van der Waals surface area (Å²) in [6.07, 6.45) is 3.55. The molecule has 1 nitrogen and oxygen atoms in total. The highest BCUT2D eigenvalue weighted by Gasteiger charge is 2.11. The summed E-state index contributed by atoms with van der Waals surface area (Å²) >= 11 is 7.10. The first kappa shape index (κ1) is 14.0. The summed E-state index contributed by atoms with van der Waals surface area (Å²) in [6, 6.07) is 6.20. The normalized spacial score (nSPS) is 12.5. The quantitative estimate of drug-likeness (QED) is 0.669. The van der Waals surface area contributed by atoms with Crippen molar-refractivity contribution in [2.45, 2.75) is 26.2 Å². The molecule has 0 saturated carbocycles. The minimum absolute atomic E-state index is 0.688. The van der Waals surface area contributed by atoms with Gasteiger partial charge in [0.05, 0.1) is 7.11 Å². The monoisotopic (exact) mass is 348 g/mol. The Labute approximate surface area is 115 Å². The van der Waals surface area contributed by atoms with Gasteiger partial charge >= 0.3 is 0 Å². The molecule has 0 heterocycles. The molecule has 1 aromatic carbocycles. The Balaban J connectivity index is 2.80. The van der Waals surface area contributed by atoms with E-state index in [1.54, 1.807) is 7.11 Å². The van der Waals surface area contributed by atoms with Gasteiger partial charge in [-0.2, -0.15) is 0 Å². The van der Waals surface area contributed by atoms with E-state index in [1.165, 1.54) is 18.4 Å². The second-order valence-corrected chi connectivity index (χ2v) is 5.53. The van der Waals surface area contributed by atoms with Crippen molar-refractivity contribution in [3.63, 3.8) is 0 Å². The second kappa shape index (κ2) is 7.33. The molecule has 0 radical (unpaired) electrons. The van der Waals surface area contributed by atoms with Crippen molar-refractivity contribution in [3.8, 4) is 5.75 Å². The van der Waals surface area contributed by atoms with Crippen molar-refractivity contribution in [1.29, 1.82) is 0 Å². The Morgan fingerprint density at radius 3 is 2.69 bits per heavy atom. The molecule has 1 aromatic rings. The lowest BCUT2D eigenvalue weighted by molar-refractivity contribution is 0.404. The van der Waals surface area contributed by atoms with Crippen molar-refractivity contribution < 1.29 is 4.74 Å². The van der Waals surface area contributed by atoms with Crippen molar-refractivity contribution >= 4 is 31.9 Å². The molecule has 0 amide bonds. The maximum Gasteiger partial charge on any atom is 0.122 e. The van der Waals surface area contributed by atoms with Crippen LogP contribution in [0.4, 0.5) is 0 Å². The SMILES string of the molecule is CCCC(CBr)Cc1cc(Br)ccc1OC. The fourth-order valence-electron chi connectivity index (χ4n) is 1.86. The highest BCUT2D eigenvalue weighted by Crippen LogP contribution is 2.27. The maximum absolute atomic E-state index is 5.39. The molecule has 0 N–H and O–H groups in total. The molecule has 0 aromatic heterocycles. The molecule has 1 rings (SSSR count). The van der Waals surface area contributed by atoms with E-state index in [2.05, 4.69) is 44.8 Å². The molecule has 0 saturated heterocycles. The van der Waals surface area contributed by atoms with Crippen LogP contribution in [0.1, 0.15) is 25.3 Å². The highest BCUT2D eigenvalue weighted by atomic mass is 79.9. The average Bonchev–Trinajstić information content (AvgIpc) is 2.29. The van der Waals surface area contributed by atoms with E-state index in [4.69, 9.17) is 4.74 Å². The van der Waals surface area contributed by atoms with Gasteiger partial charge in [-0.1, -0.05) is 45.2 Å². The van der Waals surface area contributed by atoms with Crippen LogP contribution in [0, 0.1) is 5.92 Å². The fraction of sp³-hybridized carbons (Fsp3) is 0.538. The van der Waals surface area contributed by atoms with E-state index in [0.29, 0.717) is 5.92 Å². The molecule has 0 aliphatic heterocycles. The van der Waals surface area contributed by atoms with Gasteiger partial charge in [-0.25, -0.2) is 0 Å². The Bertz CT molecular complexity index is 326. The standard InChI is InChI=1S/C13H18Br2O/c1-3-4-10(9-14)7-11-8-12(15)5-6-13(11)16-2/h5-6,8,10H,3-4,7,9H2,1-2H3. The van der Waals surface area contributed by atoms with Crippen LogP contribution in [-0.4, -0.2) is 12.4 Å². The number of hydrogen-bond acceptors (Lipinski definition) is 1. The summed E-state index contributed by atoms with van der Waals surface area (Å²) in [5, 5.41) is 1.05. The third-order valence-electron chi connectivity index (χ3n) is 2.67. The molecule has 0 aliphatic rings. The van der Waals surface area contributed by atoms with Gasteiger partial charge in [-0.05, 0) is 42.5 Å². The third-order valence-corrected chi connectivity index (χ3v) is 4.08. The van der Waals surface area contributed by atoms with Crippen molar-refractivity contribution in [1.82, 2.24) is 0 Å². The lowest BCUT2D eigenvalue weighted by atomic mass is 9.96. The minimum Gasteiger partial charge on any atom is -0.496 e. The third kappa shape index (κ3) is 4.10.